The molecule has 5 saturated carbocycles. The molecule has 0 heterocycles. The highest BCUT2D eigenvalue weighted by molar-refractivity contribution is 5.93. The molecule has 0 aliphatic heterocycles. The standard InChI is InChI=1S/C20H30O2.C19H28O2.2C18H26O2.C17H24O2.C16H24O2.C15H22O2/c1-5-15(2)16-11-13-17(14-12-16)19(21)22-20(3,4)18-9-7-6-8-10-18;1-4-15(3)16-9-11-17(12-10-16)18(20)21-19(5-2)13-7-6-8-14-19;1-4-14(2)15-8-10-16(11-9-15)17(19)20-18(3)12-6-5-7-13-18;1-4-14(3)15-8-10-16(11-9-15)17(19)20-18(5-2)12-6-7-13-18;1-4-13(2)14-7-9-15(10-8-14)16(18)19-17(3)11-5-6-12-17;1-6-12(3)13-9-8-10-14(11-13)15(17)18-16(4,5)7-2;1-6-11(2)12-8-7-9-13(10-12)14(16)17-15(3,4)5/h11-15,18H,5-10H2,1-4H3;9-12,15H,4-8,13-14H2,1-3H3;2*8-11,14H,4-7,12-13H2,1-3H3;7-10,13H,4-6,11-12H2,1-3H3;8-12H,6-7H2,1-5H3;7-11H,6H2,1-5H3. The molecule has 0 aromatic heterocycles. The highest BCUT2D eigenvalue weighted by Gasteiger charge is 2.40. The molecule has 14 heteroatoms. The zero-order valence-electron chi connectivity index (χ0n) is 89.8. The van der Waals surface area contributed by atoms with E-state index in [1.165, 1.54) is 110 Å². The van der Waals surface area contributed by atoms with E-state index in [0.29, 0.717) is 86.3 Å². The molecule has 5 aliphatic rings. The summed E-state index contributed by atoms with van der Waals surface area (Å²) in [7, 11) is 0. The minimum atomic E-state index is -0.441. The summed E-state index contributed by atoms with van der Waals surface area (Å²) in [6, 6.07) is 55.0. The van der Waals surface area contributed by atoms with Crippen LogP contribution in [0.15, 0.2) is 170 Å². The Labute approximate surface area is 829 Å². The maximum Gasteiger partial charge on any atom is 0.338 e. The van der Waals surface area contributed by atoms with Gasteiger partial charge in [0.2, 0.25) is 0 Å². The van der Waals surface area contributed by atoms with Crippen molar-refractivity contribution in [2.24, 2.45) is 5.92 Å². The van der Waals surface area contributed by atoms with Crippen molar-refractivity contribution in [1.82, 2.24) is 0 Å². The second-order valence-corrected chi connectivity index (χ2v) is 42.9. The maximum absolute atomic E-state index is 12.4. The molecule has 0 N–H and O–H groups in total. The Morgan fingerprint density at radius 1 is 0.277 bits per heavy atom. The van der Waals surface area contributed by atoms with Crippen LogP contribution in [0.3, 0.4) is 0 Å². The lowest BCUT2D eigenvalue weighted by Crippen LogP contribution is -2.37. The fourth-order valence-corrected chi connectivity index (χ4v) is 18.2. The van der Waals surface area contributed by atoms with Crippen LogP contribution in [0.4, 0.5) is 0 Å². The second kappa shape index (κ2) is 56.9. The molecule has 5 aliphatic carbocycles. The summed E-state index contributed by atoms with van der Waals surface area (Å²) in [5.41, 5.74) is 11.3. The number of esters is 7. The average molecular weight is 1880 g/mol. The number of ether oxygens (including phenoxy) is 7. The van der Waals surface area contributed by atoms with Crippen LogP contribution < -0.4 is 0 Å². The molecular weight excluding hydrogens is 1700 g/mol. The van der Waals surface area contributed by atoms with E-state index in [2.05, 4.69) is 180 Å². The van der Waals surface area contributed by atoms with Crippen molar-refractivity contribution in [3.63, 3.8) is 0 Å². The Morgan fingerprint density at radius 3 is 0.796 bits per heavy atom. The number of benzene rings is 7. The van der Waals surface area contributed by atoms with E-state index in [0.717, 1.165) is 141 Å². The molecule has 14 nitrogen and oxygen atoms in total. The van der Waals surface area contributed by atoms with Gasteiger partial charge in [0.05, 0.1) is 38.9 Å². The SMILES string of the molecule is CCC(C)c1ccc(C(=O)OC(C)(C)C2CCCCC2)cc1.CCC(C)c1ccc(C(=O)OC2(C)CCCC2)cc1.CCC(C)c1ccc(C(=O)OC2(C)CCCCC2)cc1.CCC(C)c1ccc(C(=O)OC2(CC)CCCC2)cc1.CCC(C)c1ccc(C(=O)OC2(CC)CCCCC2)cc1.CCC(C)c1cccc(C(=O)OC(C)(C)C)c1.CCC(C)c1cccc(C(=O)OC(C)(C)CC)c1. The van der Waals surface area contributed by atoms with Crippen molar-refractivity contribution in [2.45, 2.75) is 473 Å². The number of hydrogen-bond acceptors (Lipinski definition) is 14. The maximum atomic E-state index is 12.4. The number of hydrogen-bond donors (Lipinski definition) is 0. The van der Waals surface area contributed by atoms with Gasteiger partial charge >= 0.3 is 41.8 Å². The van der Waals surface area contributed by atoms with Gasteiger partial charge in [0, 0.05) is 0 Å². The zero-order chi connectivity index (χ0) is 101. The van der Waals surface area contributed by atoms with Gasteiger partial charge in [-0.25, -0.2) is 33.6 Å². The van der Waals surface area contributed by atoms with Crippen LogP contribution in [-0.2, 0) is 33.2 Å². The average Bonchev–Trinajstić information content (AvgIpc) is 1.78. The van der Waals surface area contributed by atoms with Gasteiger partial charge in [-0.15, -0.1) is 0 Å². The summed E-state index contributed by atoms with van der Waals surface area (Å²) in [6.45, 7) is 54.5. The molecule has 0 amide bonds. The van der Waals surface area contributed by atoms with Gasteiger partial charge in [0.1, 0.15) is 39.2 Å². The van der Waals surface area contributed by atoms with Gasteiger partial charge in [-0.1, -0.05) is 235 Å². The molecule has 12 rings (SSSR count). The Bertz CT molecular complexity index is 4720. The van der Waals surface area contributed by atoms with Crippen LogP contribution in [0.5, 0.6) is 0 Å². The Morgan fingerprint density at radius 2 is 0.518 bits per heavy atom. The second-order valence-electron chi connectivity index (χ2n) is 42.9. The topological polar surface area (TPSA) is 184 Å². The predicted molar refractivity (Wildman–Crippen MR) is 565 cm³/mol. The van der Waals surface area contributed by atoms with Crippen LogP contribution in [-0.4, -0.2) is 81.0 Å². The van der Waals surface area contributed by atoms with Gasteiger partial charge in [-0.2, -0.15) is 0 Å². The van der Waals surface area contributed by atoms with Gasteiger partial charge in [0.15, 0.2) is 0 Å². The van der Waals surface area contributed by atoms with Crippen molar-refractivity contribution in [2.75, 3.05) is 0 Å². The van der Waals surface area contributed by atoms with Gasteiger partial charge in [-0.3, -0.25) is 0 Å². The number of carbonyl (C=O) groups is 7. The summed E-state index contributed by atoms with van der Waals surface area (Å²) in [6.07, 6.45) is 36.4. The molecule has 0 radical (unpaired) electrons. The third-order valence-electron chi connectivity index (χ3n) is 30.2. The van der Waals surface area contributed by atoms with Crippen LogP contribution in [0.25, 0.3) is 0 Å². The van der Waals surface area contributed by atoms with Crippen molar-refractivity contribution in [3.05, 3.63) is 248 Å². The summed E-state index contributed by atoms with van der Waals surface area (Å²) >= 11 is 0. The molecule has 7 aromatic carbocycles. The molecule has 756 valence electrons. The van der Waals surface area contributed by atoms with E-state index < -0.39 is 11.2 Å². The summed E-state index contributed by atoms with van der Waals surface area (Å²) in [4.78, 5) is 85.5. The lowest BCUT2D eigenvalue weighted by Gasteiger charge is -2.36. The third kappa shape index (κ3) is 38.4. The summed E-state index contributed by atoms with van der Waals surface area (Å²) in [5.74, 6) is 2.77. The Balaban J connectivity index is 0.000000246. The molecular formula is C123H180O14. The molecule has 137 heavy (non-hydrogen) atoms. The van der Waals surface area contributed by atoms with Crippen molar-refractivity contribution in [3.8, 4) is 0 Å². The van der Waals surface area contributed by atoms with Crippen molar-refractivity contribution in [1.29, 1.82) is 0 Å². The highest BCUT2D eigenvalue weighted by Crippen LogP contribution is 2.41. The lowest BCUT2D eigenvalue weighted by molar-refractivity contribution is -0.0402. The Hall–Kier alpha value is -9.17. The van der Waals surface area contributed by atoms with E-state index in [4.69, 9.17) is 33.2 Å². The minimum absolute atomic E-state index is 0.158. The quantitative estimate of drug-likeness (QED) is 0.0295. The normalized spacial score (nSPS) is 17.4. The van der Waals surface area contributed by atoms with Crippen LogP contribution in [0, 0.1) is 5.92 Å². The number of rotatable bonds is 31. The first-order chi connectivity index (χ1) is 64.9. The molecule has 7 unspecified atom stereocenters. The fraction of sp³-hybridized carbons (Fsp3) is 0.602. The molecule has 5 fully saturated rings. The first kappa shape index (κ1) is 117. The Kier molecular flexibility index (Phi) is 48.4. The van der Waals surface area contributed by atoms with Gasteiger partial charge in [0.25, 0.3) is 0 Å². The molecule has 0 spiro atoms. The highest BCUT2D eigenvalue weighted by atomic mass is 16.6. The molecule has 7 atom stereocenters. The lowest BCUT2D eigenvalue weighted by atomic mass is 9.79. The summed E-state index contributed by atoms with van der Waals surface area (Å²) in [5, 5.41) is 0. The first-order valence-electron chi connectivity index (χ1n) is 53.3. The van der Waals surface area contributed by atoms with Gasteiger partial charge in [-0.05, 0) is 413 Å². The van der Waals surface area contributed by atoms with Crippen molar-refractivity contribution >= 4 is 41.8 Å². The first-order valence-corrected chi connectivity index (χ1v) is 53.3. The van der Waals surface area contributed by atoms with E-state index >= 15 is 0 Å². The predicted octanol–water partition coefficient (Wildman–Crippen LogP) is 34.7. The molecule has 7 aromatic rings. The van der Waals surface area contributed by atoms with Crippen LogP contribution in [0.2, 0.25) is 0 Å². The van der Waals surface area contributed by atoms with E-state index in [-0.39, 0.29) is 69.8 Å². The molecule has 0 bridgehead atoms. The van der Waals surface area contributed by atoms with E-state index in [1.54, 1.807) is 6.07 Å². The smallest absolute Gasteiger partial charge is 0.338 e. The van der Waals surface area contributed by atoms with E-state index in [9.17, 15) is 33.6 Å². The van der Waals surface area contributed by atoms with Crippen molar-refractivity contribution < 1.29 is 66.7 Å². The number of carbonyl (C=O) groups excluding carboxylic acids is 7. The largest absolute Gasteiger partial charge is 0.456 e. The zero-order valence-corrected chi connectivity index (χ0v) is 89.8. The molecule has 0 saturated heterocycles. The van der Waals surface area contributed by atoms with Crippen LogP contribution in [0.1, 0.15) is 545 Å². The van der Waals surface area contributed by atoms with E-state index in [1.807, 2.05) is 164 Å². The monoisotopic (exact) mass is 1880 g/mol. The third-order valence-corrected chi connectivity index (χ3v) is 30.2. The summed E-state index contributed by atoms with van der Waals surface area (Å²) < 4.78 is 39.9. The van der Waals surface area contributed by atoms with Gasteiger partial charge < -0.3 is 33.2 Å². The fourth-order valence-electron chi connectivity index (χ4n) is 18.2. The van der Waals surface area contributed by atoms with Crippen LogP contribution >= 0.6 is 0 Å². The minimum Gasteiger partial charge on any atom is -0.456 e.